The maximum Gasteiger partial charge on any atom is 0.338 e. The molecule has 0 N–H and O–H groups in total. The molecular weight excluding hydrogens is 381 g/mol. The number of halogens is 1. The zero-order valence-electron chi connectivity index (χ0n) is 15.4. The van der Waals surface area contributed by atoms with Crippen molar-refractivity contribution in [2.24, 2.45) is 0 Å². The molecule has 8 heteroatoms. The number of pyridine rings is 1. The molecule has 1 saturated carbocycles. The number of benzene rings is 1. The Bertz CT molecular complexity index is 1140. The number of thioether (sulfide) groups is 1. The molecule has 0 atom stereocenters. The van der Waals surface area contributed by atoms with E-state index in [1.54, 1.807) is 19.1 Å². The topological polar surface area (TPSA) is 74.1 Å². The van der Waals surface area contributed by atoms with Crippen LogP contribution in [0.25, 0.3) is 11.0 Å². The Morgan fingerprint density at radius 2 is 2.11 bits per heavy atom. The van der Waals surface area contributed by atoms with Crippen molar-refractivity contribution >= 4 is 28.8 Å². The molecular formula is C20H18FN3O3S. The predicted molar refractivity (Wildman–Crippen MR) is 104 cm³/mol. The molecule has 1 aliphatic rings. The summed E-state index contributed by atoms with van der Waals surface area (Å²) in [6, 6.07) is 8.07. The first-order chi connectivity index (χ1) is 13.5. The molecule has 0 unspecified atom stereocenters. The van der Waals surface area contributed by atoms with Crippen LogP contribution in [0.15, 0.2) is 40.3 Å². The van der Waals surface area contributed by atoms with Crippen LogP contribution in [-0.2, 0) is 10.5 Å². The van der Waals surface area contributed by atoms with E-state index in [1.165, 1.54) is 31.0 Å². The van der Waals surface area contributed by atoms with Gasteiger partial charge in [0.2, 0.25) is 0 Å². The van der Waals surface area contributed by atoms with Crippen molar-refractivity contribution < 1.29 is 13.9 Å². The molecule has 2 heterocycles. The second-order valence-electron chi connectivity index (χ2n) is 6.72. The van der Waals surface area contributed by atoms with E-state index in [1.807, 2.05) is 10.6 Å². The molecule has 1 aliphatic carbocycles. The summed E-state index contributed by atoms with van der Waals surface area (Å²) in [6.45, 7) is 1.77. The molecule has 0 aliphatic heterocycles. The van der Waals surface area contributed by atoms with Gasteiger partial charge < -0.3 is 9.30 Å². The Morgan fingerprint density at radius 1 is 1.32 bits per heavy atom. The highest BCUT2D eigenvalue weighted by molar-refractivity contribution is 7.98. The molecule has 2 aromatic heterocycles. The van der Waals surface area contributed by atoms with Crippen LogP contribution in [0.5, 0.6) is 0 Å². The standard InChI is InChI=1S/C20H18FN3O3S/c1-11-8-15(19(26)27-2)16-17(22-11)24(14-6-7-14)20(23-18(16)25)28-10-12-4-3-5-13(21)9-12/h3-5,8-9,14H,6-7,10H2,1-2H3. The molecule has 1 fully saturated rings. The van der Waals surface area contributed by atoms with Crippen molar-refractivity contribution in [2.45, 2.75) is 36.7 Å². The van der Waals surface area contributed by atoms with Gasteiger partial charge in [0.05, 0.1) is 18.1 Å². The molecule has 1 aromatic carbocycles. The van der Waals surface area contributed by atoms with Gasteiger partial charge in [0, 0.05) is 17.5 Å². The first kappa shape index (κ1) is 18.6. The number of aryl methyl sites for hydroxylation is 1. The third-order valence-electron chi connectivity index (χ3n) is 4.55. The van der Waals surface area contributed by atoms with Gasteiger partial charge in [0.1, 0.15) is 11.5 Å². The number of rotatable bonds is 5. The van der Waals surface area contributed by atoms with Gasteiger partial charge in [-0.1, -0.05) is 23.9 Å². The first-order valence-corrected chi connectivity index (χ1v) is 9.86. The minimum atomic E-state index is -0.586. The van der Waals surface area contributed by atoms with Crippen LogP contribution < -0.4 is 5.56 Å². The van der Waals surface area contributed by atoms with Gasteiger partial charge in [-0.2, -0.15) is 4.98 Å². The van der Waals surface area contributed by atoms with E-state index in [4.69, 9.17) is 4.74 Å². The summed E-state index contributed by atoms with van der Waals surface area (Å²) in [5, 5.41) is 0.706. The Hall–Kier alpha value is -2.74. The van der Waals surface area contributed by atoms with E-state index in [0.29, 0.717) is 22.3 Å². The molecule has 4 rings (SSSR count). The number of carbonyl (C=O) groups excluding carboxylic acids is 1. The molecule has 0 radical (unpaired) electrons. The smallest absolute Gasteiger partial charge is 0.338 e. The number of hydrogen-bond donors (Lipinski definition) is 0. The van der Waals surface area contributed by atoms with Crippen molar-refractivity contribution in [2.75, 3.05) is 7.11 Å². The zero-order chi connectivity index (χ0) is 19.8. The maximum absolute atomic E-state index is 13.4. The summed E-state index contributed by atoms with van der Waals surface area (Å²) in [7, 11) is 1.28. The molecule has 0 spiro atoms. The Labute approximate surface area is 164 Å². The van der Waals surface area contributed by atoms with Crippen LogP contribution in [-0.4, -0.2) is 27.6 Å². The largest absolute Gasteiger partial charge is 0.465 e. The maximum atomic E-state index is 13.4. The number of methoxy groups -OCH3 is 1. The van der Waals surface area contributed by atoms with Crippen molar-refractivity contribution in [3.05, 3.63) is 63.3 Å². The number of esters is 1. The van der Waals surface area contributed by atoms with Crippen molar-refractivity contribution in [3.8, 4) is 0 Å². The highest BCUT2D eigenvalue weighted by atomic mass is 32.2. The lowest BCUT2D eigenvalue weighted by molar-refractivity contribution is 0.0602. The van der Waals surface area contributed by atoms with E-state index < -0.39 is 11.5 Å². The van der Waals surface area contributed by atoms with Crippen LogP contribution in [0.3, 0.4) is 0 Å². The predicted octanol–water partition coefficient (Wildman–Crippen LogP) is 3.65. The second-order valence-corrected chi connectivity index (χ2v) is 7.66. The lowest BCUT2D eigenvalue weighted by Crippen LogP contribution is -2.20. The lowest BCUT2D eigenvalue weighted by Gasteiger charge is -2.15. The second kappa shape index (κ2) is 7.35. The summed E-state index contributed by atoms with van der Waals surface area (Å²) < 4.78 is 20.2. The van der Waals surface area contributed by atoms with Crippen molar-refractivity contribution in [1.82, 2.24) is 14.5 Å². The number of aromatic nitrogens is 3. The molecule has 144 valence electrons. The van der Waals surface area contributed by atoms with E-state index >= 15 is 0 Å². The van der Waals surface area contributed by atoms with Crippen LogP contribution in [0.1, 0.15) is 40.5 Å². The zero-order valence-corrected chi connectivity index (χ0v) is 16.3. The average molecular weight is 399 g/mol. The average Bonchev–Trinajstić information content (AvgIpc) is 3.49. The van der Waals surface area contributed by atoms with Crippen LogP contribution in [0.2, 0.25) is 0 Å². The highest BCUT2D eigenvalue weighted by Gasteiger charge is 2.30. The Balaban J connectivity index is 1.85. The minimum absolute atomic E-state index is 0.179. The van der Waals surface area contributed by atoms with Crippen LogP contribution in [0, 0.1) is 12.7 Å². The summed E-state index contributed by atoms with van der Waals surface area (Å²) in [6.07, 6.45) is 1.91. The fourth-order valence-corrected chi connectivity index (χ4v) is 4.14. The third kappa shape index (κ3) is 3.52. The summed E-state index contributed by atoms with van der Waals surface area (Å²) in [5.74, 6) is -0.418. The summed E-state index contributed by atoms with van der Waals surface area (Å²) >= 11 is 1.36. The van der Waals surface area contributed by atoms with Gasteiger partial charge in [-0.05, 0) is 43.5 Å². The molecule has 0 amide bonds. The first-order valence-electron chi connectivity index (χ1n) is 8.87. The summed E-state index contributed by atoms with van der Waals surface area (Å²) in [4.78, 5) is 33.7. The SMILES string of the molecule is COC(=O)c1cc(C)nc2c1c(=O)nc(SCc1cccc(F)c1)n2C1CC1. The summed E-state index contributed by atoms with van der Waals surface area (Å²) in [5.41, 5.74) is 1.54. The van der Waals surface area contributed by atoms with Gasteiger partial charge in [-0.15, -0.1) is 0 Å². The van der Waals surface area contributed by atoms with Gasteiger partial charge in [-0.25, -0.2) is 14.2 Å². The molecule has 0 saturated heterocycles. The monoisotopic (exact) mass is 399 g/mol. The number of fused-ring (bicyclic) bond motifs is 1. The van der Waals surface area contributed by atoms with E-state index in [2.05, 4.69) is 9.97 Å². The van der Waals surface area contributed by atoms with E-state index in [9.17, 15) is 14.0 Å². The number of ether oxygens (including phenoxy) is 1. The van der Waals surface area contributed by atoms with E-state index in [0.717, 1.165) is 18.4 Å². The van der Waals surface area contributed by atoms with Crippen molar-refractivity contribution in [1.29, 1.82) is 0 Å². The highest BCUT2D eigenvalue weighted by Crippen LogP contribution is 2.40. The third-order valence-corrected chi connectivity index (χ3v) is 5.57. The van der Waals surface area contributed by atoms with E-state index in [-0.39, 0.29) is 22.8 Å². The molecule has 28 heavy (non-hydrogen) atoms. The lowest BCUT2D eigenvalue weighted by atomic mass is 10.1. The molecule has 0 bridgehead atoms. The molecule has 6 nitrogen and oxygen atoms in total. The van der Waals surface area contributed by atoms with Gasteiger partial charge in [-0.3, -0.25) is 4.79 Å². The van der Waals surface area contributed by atoms with Crippen LogP contribution in [0.4, 0.5) is 4.39 Å². The normalized spacial score (nSPS) is 13.7. The number of carbonyl (C=O) groups is 1. The number of nitrogens with zero attached hydrogens (tertiary/aromatic N) is 3. The fourth-order valence-electron chi connectivity index (χ4n) is 3.14. The van der Waals surface area contributed by atoms with Gasteiger partial charge >= 0.3 is 5.97 Å². The van der Waals surface area contributed by atoms with Gasteiger partial charge in [0.25, 0.3) is 5.56 Å². The Morgan fingerprint density at radius 3 is 2.79 bits per heavy atom. The quantitative estimate of drug-likeness (QED) is 0.370. The minimum Gasteiger partial charge on any atom is -0.465 e. The van der Waals surface area contributed by atoms with Crippen LogP contribution >= 0.6 is 11.8 Å². The fraction of sp³-hybridized carbons (Fsp3) is 0.300. The van der Waals surface area contributed by atoms with Crippen molar-refractivity contribution in [3.63, 3.8) is 0 Å². The molecule has 3 aromatic rings. The number of hydrogen-bond acceptors (Lipinski definition) is 6. The van der Waals surface area contributed by atoms with Gasteiger partial charge in [0.15, 0.2) is 5.16 Å². The Kier molecular flexibility index (Phi) is 4.89.